The van der Waals surface area contributed by atoms with E-state index in [9.17, 15) is 9.59 Å². The van der Waals surface area contributed by atoms with Crippen LogP contribution in [-0.4, -0.2) is 52.3 Å². The second-order valence-corrected chi connectivity index (χ2v) is 7.45. The van der Waals surface area contributed by atoms with Crippen LogP contribution in [0.4, 0.5) is 0 Å². The molecular formula is C14H21N3O3S. The lowest BCUT2D eigenvalue weighted by Gasteiger charge is -2.26. The molecule has 0 aromatic carbocycles. The van der Waals surface area contributed by atoms with Crippen molar-refractivity contribution in [1.82, 2.24) is 5.32 Å². The Labute approximate surface area is 127 Å². The lowest BCUT2D eigenvalue weighted by atomic mass is 9.89. The van der Waals surface area contributed by atoms with Gasteiger partial charge in [0.05, 0.1) is 5.25 Å². The van der Waals surface area contributed by atoms with Crippen molar-refractivity contribution in [2.75, 3.05) is 13.1 Å². The average Bonchev–Trinajstić information content (AvgIpc) is 3.21. The molecule has 0 aromatic heterocycles. The number of nitrogens with two attached hydrogens (primary N) is 1. The van der Waals surface area contributed by atoms with Gasteiger partial charge in [-0.3, -0.25) is 14.6 Å². The molecule has 7 heteroatoms. The van der Waals surface area contributed by atoms with Gasteiger partial charge in [0.1, 0.15) is 6.04 Å². The first-order valence-electron chi connectivity index (χ1n) is 7.51. The molecular weight excluding hydrogens is 290 g/mol. The molecule has 2 aliphatic heterocycles. The molecule has 3 aliphatic rings. The van der Waals surface area contributed by atoms with E-state index in [-0.39, 0.29) is 17.7 Å². The molecule has 3 rings (SSSR count). The fourth-order valence-electron chi connectivity index (χ4n) is 3.19. The number of carbonyl (C=O) groups is 2. The first kappa shape index (κ1) is 14.8. The van der Waals surface area contributed by atoms with Crippen LogP contribution in [0.3, 0.4) is 0 Å². The van der Waals surface area contributed by atoms with E-state index in [1.165, 1.54) is 18.6 Å². The van der Waals surface area contributed by atoms with Crippen LogP contribution in [0.15, 0.2) is 4.99 Å². The van der Waals surface area contributed by atoms with Crippen LogP contribution in [0.1, 0.15) is 25.7 Å². The Morgan fingerprint density at radius 2 is 2.19 bits per heavy atom. The van der Waals surface area contributed by atoms with Crippen molar-refractivity contribution in [3.63, 3.8) is 0 Å². The summed E-state index contributed by atoms with van der Waals surface area (Å²) >= 11 is 1.71. The third-order valence-corrected chi connectivity index (χ3v) is 6.16. The van der Waals surface area contributed by atoms with Gasteiger partial charge in [-0.1, -0.05) is 0 Å². The summed E-state index contributed by atoms with van der Waals surface area (Å²) in [5, 5.41) is 11.6. The topological polar surface area (TPSA) is 105 Å². The molecule has 4 atom stereocenters. The number of aliphatic imine (C=N–C) groups is 1. The van der Waals surface area contributed by atoms with E-state index >= 15 is 0 Å². The third kappa shape index (κ3) is 3.23. The number of carbonyl (C=O) groups excluding carboxylic acids is 1. The summed E-state index contributed by atoms with van der Waals surface area (Å²) in [6, 6.07) is -1.04. The van der Waals surface area contributed by atoms with Crippen molar-refractivity contribution in [1.29, 1.82) is 0 Å². The largest absolute Gasteiger partial charge is 0.480 e. The van der Waals surface area contributed by atoms with Crippen molar-refractivity contribution >= 4 is 29.4 Å². The van der Waals surface area contributed by atoms with Gasteiger partial charge >= 0.3 is 5.97 Å². The van der Waals surface area contributed by atoms with Crippen LogP contribution in [0, 0.1) is 11.8 Å². The highest BCUT2D eigenvalue weighted by Crippen LogP contribution is 2.49. The van der Waals surface area contributed by atoms with Crippen molar-refractivity contribution in [3.8, 4) is 0 Å². The highest BCUT2D eigenvalue weighted by Gasteiger charge is 2.46. The van der Waals surface area contributed by atoms with Crippen LogP contribution in [-0.2, 0) is 9.59 Å². The van der Waals surface area contributed by atoms with E-state index in [1.54, 1.807) is 11.8 Å². The van der Waals surface area contributed by atoms with E-state index in [0.717, 1.165) is 18.9 Å². The Hall–Kier alpha value is -1.08. The summed E-state index contributed by atoms with van der Waals surface area (Å²) in [7, 11) is 0. The first-order chi connectivity index (χ1) is 10.1. The molecule has 21 heavy (non-hydrogen) atoms. The van der Waals surface area contributed by atoms with E-state index in [1.807, 2.05) is 0 Å². The first-order valence-corrected chi connectivity index (χ1v) is 8.45. The molecule has 0 spiro atoms. The molecule has 1 saturated carbocycles. The number of carboxylic acids is 1. The predicted octanol–water partition coefficient (Wildman–Crippen LogP) is 0.260. The number of rotatable bonds is 5. The smallest absolute Gasteiger partial charge is 0.322 e. The number of nitrogens with one attached hydrogen (secondary N) is 1. The number of fused-ring (bicyclic) bond motifs is 1. The lowest BCUT2D eigenvalue weighted by molar-refractivity contribution is -0.138. The zero-order chi connectivity index (χ0) is 15.0. The van der Waals surface area contributed by atoms with E-state index in [2.05, 4.69) is 10.3 Å². The SMILES string of the molecule is N[C@H](CNC(=O)C1CC2=NCCC(C3CC3)C2S1)C(=O)O. The molecule has 1 amide bonds. The van der Waals surface area contributed by atoms with Crippen LogP contribution >= 0.6 is 11.8 Å². The molecule has 2 fully saturated rings. The Morgan fingerprint density at radius 1 is 1.43 bits per heavy atom. The molecule has 1 aliphatic carbocycles. The minimum Gasteiger partial charge on any atom is -0.480 e. The van der Waals surface area contributed by atoms with Crippen molar-refractivity contribution in [3.05, 3.63) is 0 Å². The quantitative estimate of drug-likeness (QED) is 0.675. The molecule has 0 radical (unpaired) electrons. The van der Waals surface area contributed by atoms with Gasteiger partial charge in [0.25, 0.3) is 0 Å². The second-order valence-electron chi connectivity index (χ2n) is 6.10. The summed E-state index contributed by atoms with van der Waals surface area (Å²) in [5.74, 6) is 0.307. The van der Waals surface area contributed by atoms with Crippen LogP contribution in [0.5, 0.6) is 0 Å². The maximum Gasteiger partial charge on any atom is 0.322 e. The zero-order valence-corrected chi connectivity index (χ0v) is 12.6. The summed E-state index contributed by atoms with van der Waals surface area (Å²) < 4.78 is 0. The van der Waals surface area contributed by atoms with Crippen molar-refractivity contribution in [2.24, 2.45) is 22.6 Å². The minimum atomic E-state index is -1.10. The minimum absolute atomic E-state index is 0.0194. The molecule has 1 saturated heterocycles. The number of thioether (sulfide) groups is 1. The Balaban J connectivity index is 1.56. The van der Waals surface area contributed by atoms with E-state index in [4.69, 9.17) is 10.8 Å². The fraction of sp³-hybridized carbons (Fsp3) is 0.786. The van der Waals surface area contributed by atoms with Gasteiger partial charge in [-0.15, -0.1) is 11.8 Å². The van der Waals surface area contributed by atoms with Crippen molar-refractivity contribution in [2.45, 2.75) is 42.2 Å². The van der Waals surface area contributed by atoms with Gasteiger partial charge < -0.3 is 16.2 Å². The Kier molecular flexibility index (Phi) is 4.21. The maximum absolute atomic E-state index is 12.2. The fourth-order valence-corrected chi connectivity index (χ4v) is 4.91. The predicted molar refractivity (Wildman–Crippen MR) is 81.5 cm³/mol. The summed E-state index contributed by atoms with van der Waals surface area (Å²) in [5.41, 5.74) is 6.59. The highest BCUT2D eigenvalue weighted by molar-refractivity contribution is 8.02. The molecule has 4 N–H and O–H groups in total. The maximum atomic E-state index is 12.2. The number of nitrogens with zero attached hydrogens (tertiary/aromatic N) is 1. The van der Waals surface area contributed by atoms with E-state index < -0.39 is 12.0 Å². The number of carboxylic acid groups (broad SMARTS) is 1. The monoisotopic (exact) mass is 311 g/mol. The van der Waals surface area contributed by atoms with Gasteiger partial charge in [-0.05, 0) is 31.1 Å². The van der Waals surface area contributed by atoms with Crippen LogP contribution in [0.25, 0.3) is 0 Å². The summed E-state index contributed by atoms with van der Waals surface area (Å²) in [6.45, 7) is 0.875. The highest BCUT2D eigenvalue weighted by atomic mass is 32.2. The Morgan fingerprint density at radius 3 is 2.86 bits per heavy atom. The molecule has 6 nitrogen and oxygen atoms in total. The van der Waals surface area contributed by atoms with Crippen LogP contribution < -0.4 is 11.1 Å². The standard InChI is InChI=1S/C14H21N3O3S/c15-9(14(19)20)6-17-13(18)11-5-10-12(21-11)8(3-4-16-10)7-1-2-7/h7-9,11-12H,1-6,15H2,(H,17,18)(H,19,20)/t8?,9-,11?,12?/m1/s1. The molecule has 2 heterocycles. The lowest BCUT2D eigenvalue weighted by Crippen LogP contribution is -2.44. The van der Waals surface area contributed by atoms with Crippen molar-refractivity contribution < 1.29 is 14.7 Å². The molecule has 0 aromatic rings. The van der Waals surface area contributed by atoms with Gasteiger partial charge in [0.2, 0.25) is 5.91 Å². The Bertz CT molecular complexity index is 478. The molecule has 0 bridgehead atoms. The van der Waals surface area contributed by atoms with Crippen LogP contribution in [0.2, 0.25) is 0 Å². The molecule has 3 unspecified atom stereocenters. The third-order valence-electron chi connectivity index (χ3n) is 4.53. The zero-order valence-electron chi connectivity index (χ0n) is 11.8. The number of hydrogen-bond acceptors (Lipinski definition) is 5. The number of amides is 1. The molecule has 116 valence electrons. The number of hydrogen-bond donors (Lipinski definition) is 3. The van der Waals surface area contributed by atoms with Gasteiger partial charge in [-0.2, -0.15) is 0 Å². The van der Waals surface area contributed by atoms with Gasteiger partial charge in [0, 0.05) is 30.5 Å². The van der Waals surface area contributed by atoms with Gasteiger partial charge in [0.15, 0.2) is 0 Å². The van der Waals surface area contributed by atoms with Gasteiger partial charge in [-0.25, -0.2) is 0 Å². The van der Waals surface area contributed by atoms with E-state index in [0.29, 0.717) is 17.6 Å². The second kappa shape index (κ2) is 5.96. The average molecular weight is 311 g/mol. The summed E-state index contributed by atoms with van der Waals surface area (Å²) in [4.78, 5) is 27.4. The summed E-state index contributed by atoms with van der Waals surface area (Å²) in [6.07, 6.45) is 4.48. The normalized spacial score (nSPS) is 33.0. The number of aliphatic carboxylic acids is 1.